The van der Waals surface area contributed by atoms with Gasteiger partial charge < -0.3 is 25.0 Å². The zero-order valence-corrected chi connectivity index (χ0v) is 31.1. The van der Waals surface area contributed by atoms with Crippen molar-refractivity contribution in [3.05, 3.63) is 59.0 Å². The van der Waals surface area contributed by atoms with E-state index in [1.54, 1.807) is 17.0 Å². The molecule has 50 heavy (non-hydrogen) atoms. The van der Waals surface area contributed by atoms with Crippen LogP contribution in [-0.2, 0) is 26.0 Å². The fraction of sp³-hybridized carbons (Fsp3) is 0.571. The van der Waals surface area contributed by atoms with Crippen molar-refractivity contribution in [2.75, 3.05) is 25.0 Å². The van der Waals surface area contributed by atoms with Gasteiger partial charge in [0.1, 0.15) is 16.6 Å². The van der Waals surface area contributed by atoms with Crippen LogP contribution in [-0.4, -0.2) is 72.0 Å². The van der Waals surface area contributed by atoms with E-state index in [0.29, 0.717) is 43.7 Å². The molecule has 4 rings (SSSR count). The summed E-state index contributed by atoms with van der Waals surface area (Å²) < 4.78 is 39.2. The van der Waals surface area contributed by atoms with Gasteiger partial charge in [-0.15, -0.1) is 0 Å². The Morgan fingerprint density at radius 3 is 2.54 bits per heavy atom. The summed E-state index contributed by atoms with van der Waals surface area (Å²) in [5.41, 5.74) is -0.524. The van der Waals surface area contributed by atoms with Crippen molar-refractivity contribution in [1.29, 1.82) is 5.41 Å². The Morgan fingerprint density at radius 1 is 1.10 bits per heavy atom. The van der Waals surface area contributed by atoms with E-state index < -0.39 is 21.5 Å². The molecule has 2 aromatic rings. The number of aromatic nitrogens is 2. The molecule has 1 aliphatic heterocycles. The minimum absolute atomic E-state index is 0.0117. The third kappa shape index (κ3) is 11.7. The van der Waals surface area contributed by atoms with Crippen molar-refractivity contribution in [3.63, 3.8) is 0 Å². The standard InChI is InChI=1S/C35H50ClN7O6S/c1-34(2,3)49-33(45)43-23-25(21-35(43,4)5)15-18-38-22-26-11-8-12-30(40-26)50(46,47)42-32(44)27-13-14-29(41-31(27)36)39-19-16-28(37)48-20-17-24-9-6-7-10-24/h8,11-14,16,19,24-25,37-38H,6-7,9-10,15,17-18,20-23H2,1-5H3,(H,39,41)(H,42,44)/b19-16-,37-28?/t25-/m0/s1. The van der Waals surface area contributed by atoms with Crippen molar-refractivity contribution in [2.45, 2.75) is 102 Å². The minimum atomic E-state index is -4.32. The number of carbonyl (C=O) groups is 2. The Hall–Kier alpha value is -3.75. The normalized spacial score (nSPS) is 18.0. The molecule has 3 heterocycles. The molecule has 0 spiro atoms. The first-order chi connectivity index (χ1) is 23.5. The summed E-state index contributed by atoms with van der Waals surface area (Å²) in [5.74, 6) is 0.319. The van der Waals surface area contributed by atoms with Gasteiger partial charge in [0.15, 0.2) is 5.03 Å². The molecule has 15 heteroatoms. The molecule has 2 amide bonds. The van der Waals surface area contributed by atoms with E-state index in [2.05, 4.69) is 20.6 Å². The third-order valence-corrected chi connectivity index (χ3v) is 10.2. The highest BCUT2D eigenvalue weighted by Gasteiger charge is 2.42. The number of sulfonamides is 1. The van der Waals surface area contributed by atoms with Crippen molar-refractivity contribution in [3.8, 4) is 0 Å². The summed E-state index contributed by atoms with van der Waals surface area (Å²) >= 11 is 6.23. The highest BCUT2D eigenvalue weighted by Crippen LogP contribution is 2.35. The van der Waals surface area contributed by atoms with E-state index in [0.717, 1.165) is 19.3 Å². The fourth-order valence-electron chi connectivity index (χ4n) is 6.25. The molecule has 0 radical (unpaired) electrons. The van der Waals surface area contributed by atoms with Gasteiger partial charge in [-0.3, -0.25) is 10.2 Å². The molecule has 1 aliphatic carbocycles. The average Bonchev–Trinajstić information content (AvgIpc) is 3.65. The van der Waals surface area contributed by atoms with Gasteiger partial charge in [-0.05, 0) is 96.5 Å². The number of likely N-dealkylation sites (tertiary alicyclic amines) is 1. The topological polar surface area (TPSA) is 176 Å². The number of pyridine rings is 2. The van der Waals surface area contributed by atoms with Gasteiger partial charge in [0, 0.05) is 30.9 Å². The van der Waals surface area contributed by atoms with Crippen LogP contribution in [0, 0.1) is 17.2 Å². The van der Waals surface area contributed by atoms with Gasteiger partial charge in [-0.1, -0.05) is 43.4 Å². The summed E-state index contributed by atoms with van der Waals surface area (Å²) in [5, 5.41) is 13.6. The van der Waals surface area contributed by atoms with Crippen LogP contribution in [0.15, 0.2) is 47.6 Å². The summed E-state index contributed by atoms with van der Waals surface area (Å²) in [7, 11) is -4.32. The highest BCUT2D eigenvalue weighted by atomic mass is 35.5. The van der Waals surface area contributed by atoms with E-state index in [-0.39, 0.29) is 39.2 Å². The van der Waals surface area contributed by atoms with Gasteiger partial charge in [-0.2, -0.15) is 8.42 Å². The van der Waals surface area contributed by atoms with E-state index in [1.807, 2.05) is 39.3 Å². The zero-order valence-electron chi connectivity index (χ0n) is 29.6. The van der Waals surface area contributed by atoms with Crippen LogP contribution in [0.1, 0.15) is 95.6 Å². The molecular weight excluding hydrogens is 682 g/mol. The van der Waals surface area contributed by atoms with Crippen LogP contribution in [0.3, 0.4) is 0 Å². The summed E-state index contributed by atoms with van der Waals surface area (Å²) in [4.78, 5) is 35.8. The number of nitrogens with zero attached hydrogens (tertiary/aromatic N) is 3. The van der Waals surface area contributed by atoms with E-state index in [9.17, 15) is 18.0 Å². The number of carbonyl (C=O) groups excluding carboxylic acids is 2. The number of nitrogens with one attached hydrogen (secondary N) is 4. The van der Waals surface area contributed by atoms with Crippen LogP contribution in [0.4, 0.5) is 10.6 Å². The number of rotatable bonds is 14. The van der Waals surface area contributed by atoms with Gasteiger partial charge in [0.05, 0.1) is 17.9 Å². The van der Waals surface area contributed by atoms with Gasteiger partial charge >= 0.3 is 6.09 Å². The Balaban J connectivity index is 1.23. The third-order valence-electron chi connectivity index (χ3n) is 8.71. The van der Waals surface area contributed by atoms with E-state index >= 15 is 0 Å². The quantitative estimate of drug-likeness (QED) is 0.0751. The number of hydrogen-bond donors (Lipinski definition) is 4. The number of amides is 2. The number of hydrogen-bond acceptors (Lipinski definition) is 11. The van der Waals surface area contributed by atoms with Crippen molar-refractivity contribution in [1.82, 2.24) is 24.9 Å². The Bertz CT molecular complexity index is 1650. The number of anilines is 1. The molecule has 4 N–H and O–H groups in total. The van der Waals surface area contributed by atoms with E-state index in [1.165, 1.54) is 56.2 Å². The molecule has 0 aromatic carbocycles. The molecule has 1 saturated carbocycles. The maximum Gasteiger partial charge on any atom is 0.410 e. The van der Waals surface area contributed by atoms with Crippen LogP contribution in [0.2, 0.25) is 5.15 Å². The molecule has 0 bridgehead atoms. The second kappa shape index (κ2) is 17.0. The smallest absolute Gasteiger partial charge is 0.410 e. The summed E-state index contributed by atoms with van der Waals surface area (Å²) in [6.45, 7) is 11.7. The molecule has 274 valence electrons. The molecule has 13 nitrogen and oxygen atoms in total. The Morgan fingerprint density at radius 2 is 1.84 bits per heavy atom. The van der Waals surface area contributed by atoms with Gasteiger partial charge in [0.2, 0.25) is 5.90 Å². The van der Waals surface area contributed by atoms with Crippen molar-refractivity contribution in [2.24, 2.45) is 11.8 Å². The summed E-state index contributed by atoms with van der Waals surface area (Å²) in [6, 6.07) is 7.38. The maximum absolute atomic E-state index is 13.1. The maximum atomic E-state index is 13.1. The largest absolute Gasteiger partial charge is 0.478 e. The Kier molecular flexibility index (Phi) is 13.3. The van der Waals surface area contributed by atoms with Crippen LogP contribution >= 0.6 is 11.6 Å². The van der Waals surface area contributed by atoms with Gasteiger partial charge in [0.25, 0.3) is 15.9 Å². The predicted octanol–water partition coefficient (Wildman–Crippen LogP) is 6.26. The van der Waals surface area contributed by atoms with E-state index in [4.69, 9.17) is 26.5 Å². The monoisotopic (exact) mass is 731 g/mol. The van der Waals surface area contributed by atoms with Crippen LogP contribution in [0.25, 0.3) is 0 Å². The molecule has 2 aromatic heterocycles. The predicted molar refractivity (Wildman–Crippen MR) is 193 cm³/mol. The first kappa shape index (κ1) is 39.0. The lowest BCUT2D eigenvalue weighted by Crippen LogP contribution is -2.45. The lowest BCUT2D eigenvalue weighted by Gasteiger charge is -2.33. The molecule has 1 saturated heterocycles. The SMILES string of the molecule is CC(C)(C)OC(=O)N1C[C@@H](CCNCc2cccc(S(=O)(=O)NC(=O)c3ccc(N/C=C\C(=N)OCCC4CCCC4)nc3Cl)n2)CC1(C)C. The van der Waals surface area contributed by atoms with Crippen LogP contribution < -0.4 is 15.4 Å². The second-order valence-electron chi connectivity index (χ2n) is 14.5. The highest BCUT2D eigenvalue weighted by molar-refractivity contribution is 7.90. The number of ether oxygens (including phenoxy) is 2. The lowest BCUT2D eigenvalue weighted by molar-refractivity contribution is 0.0130. The second-order valence-corrected chi connectivity index (χ2v) is 16.5. The van der Waals surface area contributed by atoms with Crippen molar-refractivity contribution < 1.29 is 27.5 Å². The molecule has 1 atom stereocenters. The molecule has 0 unspecified atom stereocenters. The lowest BCUT2D eigenvalue weighted by atomic mass is 9.94. The minimum Gasteiger partial charge on any atom is -0.478 e. The fourth-order valence-corrected chi connectivity index (χ4v) is 7.44. The zero-order chi connectivity index (χ0) is 36.5. The average molecular weight is 732 g/mol. The van der Waals surface area contributed by atoms with Gasteiger partial charge in [-0.25, -0.2) is 19.5 Å². The van der Waals surface area contributed by atoms with Crippen molar-refractivity contribution >= 4 is 45.3 Å². The molecular formula is C35H50ClN7O6S. The Labute approximate surface area is 300 Å². The first-order valence-electron chi connectivity index (χ1n) is 17.1. The molecule has 2 fully saturated rings. The molecule has 2 aliphatic rings. The number of halogens is 1. The van der Waals surface area contributed by atoms with Crippen LogP contribution in [0.5, 0.6) is 0 Å². The summed E-state index contributed by atoms with van der Waals surface area (Å²) in [6.07, 6.45) is 10.2. The first-order valence-corrected chi connectivity index (χ1v) is 18.9.